The van der Waals surface area contributed by atoms with E-state index >= 15 is 0 Å². The average Bonchev–Trinajstić information content (AvgIpc) is 2.49. The molecule has 0 aliphatic carbocycles. The highest BCUT2D eigenvalue weighted by Crippen LogP contribution is 2.20. The molecule has 0 fully saturated rings. The van der Waals surface area contributed by atoms with E-state index in [9.17, 15) is 19.1 Å². The summed E-state index contributed by atoms with van der Waals surface area (Å²) in [7, 11) is 0. The fourth-order valence-electron chi connectivity index (χ4n) is 2.32. The number of aliphatic hydroxyl groups is 1. The number of amides is 2. The van der Waals surface area contributed by atoms with Crippen LogP contribution in [0.2, 0.25) is 5.02 Å². The Bertz CT molecular complexity index is 560. The number of carbonyl (C=O) groups excluding carboxylic acids is 2. The SMILES string of the molecule is CCCC(O)(CCC)CNC(=O)C(=O)Nc1ccc(F)c(Cl)c1. The first kappa shape index (κ1) is 19.4. The van der Waals surface area contributed by atoms with Crippen LogP contribution in [0.25, 0.3) is 0 Å². The quantitative estimate of drug-likeness (QED) is 0.665. The molecule has 0 radical (unpaired) electrons. The molecule has 0 saturated carbocycles. The van der Waals surface area contributed by atoms with E-state index in [-0.39, 0.29) is 17.3 Å². The largest absolute Gasteiger partial charge is 0.388 e. The number of hydrogen-bond acceptors (Lipinski definition) is 3. The van der Waals surface area contributed by atoms with Crippen LogP contribution in [-0.4, -0.2) is 29.1 Å². The molecule has 1 aromatic carbocycles. The van der Waals surface area contributed by atoms with Gasteiger partial charge in [-0.3, -0.25) is 9.59 Å². The smallest absolute Gasteiger partial charge is 0.313 e. The Kier molecular flexibility index (Phi) is 7.45. The molecule has 0 unspecified atom stereocenters. The highest BCUT2D eigenvalue weighted by molar-refractivity contribution is 6.39. The maximum absolute atomic E-state index is 13.0. The highest BCUT2D eigenvalue weighted by atomic mass is 35.5. The summed E-state index contributed by atoms with van der Waals surface area (Å²) < 4.78 is 13.0. The topological polar surface area (TPSA) is 78.4 Å². The van der Waals surface area contributed by atoms with Crippen molar-refractivity contribution in [1.82, 2.24) is 5.32 Å². The van der Waals surface area contributed by atoms with Crippen molar-refractivity contribution in [2.24, 2.45) is 0 Å². The monoisotopic (exact) mass is 344 g/mol. The summed E-state index contributed by atoms with van der Waals surface area (Å²) in [5.74, 6) is -2.38. The van der Waals surface area contributed by atoms with Crippen molar-refractivity contribution in [3.63, 3.8) is 0 Å². The number of anilines is 1. The van der Waals surface area contributed by atoms with Gasteiger partial charge in [0.25, 0.3) is 0 Å². The zero-order valence-corrected chi connectivity index (χ0v) is 14.0. The first-order chi connectivity index (χ1) is 10.8. The second kappa shape index (κ2) is 8.84. The third-order valence-corrected chi connectivity index (χ3v) is 3.68. The molecule has 0 aliphatic rings. The molecule has 2 amide bonds. The van der Waals surface area contributed by atoms with Crippen molar-refractivity contribution in [3.8, 4) is 0 Å². The molecule has 0 aliphatic heterocycles. The minimum absolute atomic E-state index is 0.00507. The first-order valence-electron chi connectivity index (χ1n) is 7.58. The normalized spacial score (nSPS) is 11.2. The van der Waals surface area contributed by atoms with E-state index < -0.39 is 23.2 Å². The van der Waals surface area contributed by atoms with Crippen molar-refractivity contribution < 1.29 is 19.1 Å². The molecular weight excluding hydrogens is 323 g/mol. The molecular formula is C16H22ClFN2O3. The van der Waals surface area contributed by atoms with E-state index in [0.29, 0.717) is 12.8 Å². The standard InChI is InChI=1S/C16H22ClFN2O3/c1-3-7-16(23,8-4-2)10-19-14(21)15(22)20-11-5-6-13(18)12(17)9-11/h5-6,9,23H,3-4,7-8,10H2,1-2H3,(H,19,21)(H,20,22). The summed E-state index contributed by atoms with van der Waals surface area (Å²) in [5.41, 5.74) is -0.799. The van der Waals surface area contributed by atoms with Crippen molar-refractivity contribution in [1.29, 1.82) is 0 Å². The lowest BCUT2D eigenvalue weighted by Gasteiger charge is -2.27. The van der Waals surface area contributed by atoms with Gasteiger partial charge in [0.05, 0.1) is 10.6 Å². The van der Waals surface area contributed by atoms with Gasteiger partial charge in [-0.2, -0.15) is 0 Å². The predicted octanol–water partition coefficient (Wildman–Crippen LogP) is 2.87. The van der Waals surface area contributed by atoms with Crippen molar-refractivity contribution >= 4 is 29.1 Å². The Morgan fingerprint density at radius 1 is 1.22 bits per heavy atom. The molecule has 1 rings (SSSR count). The number of nitrogens with one attached hydrogen (secondary N) is 2. The number of benzene rings is 1. The molecule has 0 heterocycles. The summed E-state index contributed by atoms with van der Waals surface area (Å²) in [6, 6.07) is 3.61. The van der Waals surface area contributed by atoms with Crippen LogP contribution in [0.5, 0.6) is 0 Å². The van der Waals surface area contributed by atoms with Gasteiger partial charge in [0.15, 0.2) is 0 Å². The Morgan fingerprint density at radius 2 is 1.83 bits per heavy atom. The molecule has 23 heavy (non-hydrogen) atoms. The number of rotatable bonds is 7. The van der Waals surface area contributed by atoms with E-state index in [1.54, 1.807) is 0 Å². The third kappa shape index (κ3) is 6.15. The van der Waals surface area contributed by atoms with Crippen LogP contribution in [-0.2, 0) is 9.59 Å². The summed E-state index contributed by atoms with van der Waals surface area (Å²) in [5, 5.41) is 15.0. The van der Waals surface area contributed by atoms with Crippen molar-refractivity contribution in [2.45, 2.75) is 45.1 Å². The Morgan fingerprint density at radius 3 is 2.35 bits per heavy atom. The maximum atomic E-state index is 13.0. The Balaban J connectivity index is 2.59. The fourth-order valence-corrected chi connectivity index (χ4v) is 2.50. The molecule has 0 spiro atoms. The lowest BCUT2D eigenvalue weighted by atomic mass is 9.92. The molecule has 0 atom stereocenters. The minimum atomic E-state index is -1.02. The van der Waals surface area contributed by atoms with Gasteiger partial charge in [-0.25, -0.2) is 4.39 Å². The van der Waals surface area contributed by atoms with Gasteiger partial charge in [-0.1, -0.05) is 38.3 Å². The fraction of sp³-hybridized carbons (Fsp3) is 0.500. The second-order valence-corrected chi connectivity index (χ2v) is 5.90. The van der Waals surface area contributed by atoms with E-state index in [1.807, 2.05) is 13.8 Å². The van der Waals surface area contributed by atoms with Gasteiger partial charge < -0.3 is 15.7 Å². The van der Waals surface area contributed by atoms with Gasteiger partial charge >= 0.3 is 11.8 Å². The van der Waals surface area contributed by atoms with Crippen molar-refractivity contribution in [3.05, 3.63) is 29.0 Å². The molecule has 3 N–H and O–H groups in total. The molecule has 7 heteroatoms. The Hall–Kier alpha value is -1.66. The summed E-state index contributed by atoms with van der Waals surface area (Å²) in [4.78, 5) is 23.6. The lowest BCUT2D eigenvalue weighted by Crippen LogP contribution is -2.46. The molecule has 0 aromatic heterocycles. The third-order valence-electron chi connectivity index (χ3n) is 3.39. The lowest BCUT2D eigenvalue weighted by molar-refractivity contribution is -0.137. The van der Waals surface area contributed by atoms with Gasteiger partial charge in [0.1, 0.15) is 5.82 Å². The van der Waals surface area contributed by atoms with E-state index in [2.05, 4.69) is 10.6 Å². The van der Waals surface area contributed by atoms with Gasteiger partial charge in [-0.15, -0.1) is 0 Å². The molecule has 0 bridgehead atoms. The van der Waals surface area contributed by atoms with Gasteiger partial charge in [0, 0.05) is 12.2 Å². The van der Waals surface area contributed by atoms with Gasteiger partial charge in [-0.05, 0) is 31.0 Å². The minimum Gasteiger partial charge on any atom is -0.388 e. The van der Waals surface area contributed by atoms with Crippen LogP contribution in [0.4, 0.5) is 10.1 Å². The highest BCUT2D eigenvalue weighted by Gasteiger charge is 2.26. The number of carbonyl (C=O) groups is 2. The zero-order chi connectivity index (χ0) is 17.5. The molecule has 128 valence electrons. The summed E-state index contributed by atoms with van der Waals surface area (Å²) in [6.45, 7) is 3.88. The Labute approximate surface area is 140 Å². The van der Waals surface area contributed by atoms with Crippen LogP contribution in [0.3, 0.4) is 0 Å². The second-order valence-electron chi connectivity index (χ2n) is 5.49. The van der Waals surface area contributed by atoms with E-state index in [1.165, 1.54) is 12.1 Å². The van der Waals surface area contributed by atoms with E-state index in [0.717, 1.165) is 18.9 Å². The van der Waals surface area contributed by atoms with Crippen LogP contribution in [0, 0.1) is 5.82 Å². The van der Waals surface area contributed by atoms with Crippen LogP contribution >= 0.6 is 11.6 Å². The van der Waals surface area contributed by atoms with Crippen LogP contribution < -0.4 is 10.6 Å². The maximum Gasteiger partial charge on any atom is 0.313 e. The number of hydrogen-bond donors (Lipinski definition) is 3. The zero-order valence-electron chi connectivity index (χ0n) is 13.3. The predicted molar refractivity (Wildman–Crippen MR) is 87.8 cm³/mol. The van der Waals surface area contributed by atoms with Crippen LogP contribution in [0.1, 0.15) is 39.5 Å². The molecule has 0 saturated heterocycles. The number of halogens is 2. The van der Waals surface area contributed by atoms with E-state index in [4.69, 9.17) is 11.6 Å². The van der Waals surface area contributed by atoms with Crippen molar-refractivity contribution in [2.75, 3.05) is 11.9 Å². The van der Waals surface area contributed by atoms with Crippen LogP contribution in [0.15, 0.2) is 18.2 Å². The van der Waals surface area contributed by atoms with Gasteiger partial charge in [0.2, 0.25) is 0 Å². The molecule has 5 nitrogen and oxygen atoms in total. The average molecular weight is 345 g/mol. The molecule has 1 aromatic rings. The summed E-state index contributed by atoms with van der Waals surface area (Å²) >= 11 is 5.61. The summed E-state index contributed by atoms with van der Waals surface area (Å²) in [6.07, 6.45) is 2.62. The first-order valence-corrected chi connectivity index (χ1v) is 7.95.